The van der Waals surface area contributed by atoms with E-state index in [4.69, 9.17) is 16.3 Å². The smallest absolute Gasteiger partial charge is 0.321 e. The van der Waals surface area contributed by atoms with E-state index in [9.17, 15) is 10.0 Å². The Balaban J connectivity index is 2.75. The Labute approximate surface area is 101 Å². The van der Waals surface area contributed by atoms with E-state index in [0.717, 1.165) is 0 Å². The maximum Gasteiger partial charge on any atom is 0.321 e. The van der Waals surface area contributed by atoms with E-state index < -0.39 is 17.0 Å². The van der Waals surface area contributed by atoms with Gasteiger partial charge in [0.25, 0.3) is 0 Å². The summed E-state index contributed by atoms with van der Waals surface area (Å²) in [5, 5.41) is 11.4. The van der Waals surface area contributed by atoms with Gasteiger partial charge in [0, 0.05) is 23.9 Å². The molecule has 1 rings (SSSR count). The predicted molar refractivity (Wildman–Crippen MR) is 61.6 cm³/mol. The van der Waals surface area contributed by atoms with Gasteiger partial charge in [-0.25, -0.2) is 0 Å². The van der Waals surface area contributed by atoms with Gasteiger partial charge in [-0.1, -0.05) is 0 Å². The van der Waals surface area contributed by atoms with Crippen LogP contribution in [0.2, 0.25) is 0 Å². The van der Waals surface area contributed by atoms with Crippen LogP contribution in [0.5, 0.6) is 0 Å². The highest BCUT2D eigenvalue weighted by Crippen LogP contribution is 2.37. The van der Waals surface area contributed by atoms with Crippen molar-refractivity contribution >= 4 is 17.6 Å². The fourth-order valence-corrected chi connectivity index (χ4v) is 2.54. The summed E-state index contributed by atoms with van der Waals surface area (Å²) in [6.07, 6.45) is 1.03. The molecule has 1 aliphatic rings. The van der Waals surface area contributed by atoms with Gasteiger partial charge in [0.2, 0.25) is 0 Å². The van der Waals surface area contributed by atoms with Gasteiger partial charge in [-0.15, -0.1) is 11.6 Å². The topological polar surface area (TPSA) is 49.8 Å². The molecule has 0 atom stereocenters. The molecule has 0 unspecified atom stereocenters. The van der Waals surface area contributed by atoms with E-state index in [0.29, 0.717) is 12.8 Å². The number of ether oxygens (including phenoxy) is 1. The first-order valence-corrected chi connectivity index (χ1v) is 5.97. The molecule has 4 nitrogen and oxygen atoms in total. The van der Waals surface area contributed by atoms with Crippen LogP contribution in [0.3, 0.4) is 0 Å². The highest BCUT2D eigenvalue weighted by molar-refractivity contribution is 6.26. The van der Waals surface area contributed by atoms with E-state index in [2.05, 4.69) is 0 Å². The van der Waals surface area contributed by atoms with Crippen LogP contribution in [0.1, 0.15) is 40.5 Å². The van der Waals surface area contributed by atoms with Gasteiger partial charge in [0.05, 0.1) is 0 Å². The predicted octanol–water partition coefficient (Wildman–Crippen LogP) is 2.18. The third kappa shape index (κ3) is 2.87. The van der Waals surface area contributed by atoms with Gasteiger partial charge in [0.15, 0.2) is 0 Å². The van der Waals surface area contributed by atoms with Crippen molar-refractivity contribution in [1.29, 1.82) is 0 Å². The lowest BCUT2D eigenvalue weighted by molar-refractivity contribution is -0.259. The van der Waals surface area contributed by atoms with Gasteiger partial charge >= 0.3 is 5.97 Å². The molecule has 0 spiro atoms. The van der Waals surface area contributed by atoms with E-state index in [1.54, 1.807) is 0 Å². The minimum absolute atomic E-state index is 0.125. The lowest BCUT2D eigenvalue weighted by Crippen LogP contribution is -2.60. The Bertz CT molecular complexity index is 260. The zero-order chi connectivity index (χ0) is 12.6. The monoisotopic (exact) mass is 249 g/mol. The largest absolute Gasteiger partial charge is 0.461 e. The molecule has 1 N–H and O–H groups in total. The summed E-state index contributed by atoms with van der Waals surface area (Å²) in [4.78, 5) is 11.2. The van der Waals surface area contributed by atoms with Crippen molar-refractivity contribution in [3.8, 4) is 0 Å². The van der Waals surface area contributed by atoms with Gasteiger partial charge in [-0.2, -0.15) is 5.06 Å². The number of rotatable bonds is 2. The van der Waals surface area contributed by atoms with Gasteiger partial charge in [-0.3, -0.25) is 4.79 Å². The molecule has 94 valence electrons. The summed E-state index contributed by atoms with van der Waals surface area (Å²) < 4.78 is 5.25. The molecular formula is C11H20ClNO3. The van der Waals surface area contributed by atoms with Crippen LogP contribution in [0.15, 0.2) is 0 Å². The van der Waals surface area contributed by atoms with Crippen LogP contribution in [0, 0.1) is 0 Å². The average Bonchev–Trinajstić information content (AvgIpc) is 2.13. The normalized spacial score (nSPS) is 25.4. The minimum Gasteiger partial charge on any atom is -0.461 e. The van der Waals surface area contributed by atoms with Crippen LogP contribution < -0.4 is 0 Å². The molecule has 0 saturated carbocycles. The molecule has 0 aromatic heterocycles. The van der Waals surface area contributed by atoms with Crippen molar-refractivity contribution in [2.75, 3.05) is 5.88 Å². The summed E-state index contributed by atoms with van der Waals surface area (Å²) in [6, 6.07) is 0. The molecule has 5 heteroatoms. The lowest BCUT2D eigenvalue weighted by Gasteiger charge is -2.50. The van der Waals surface area contributed by atoms with Gasteiger partial charge < -0.3 is 9.94 Å². The van der Waals surface area contributed by atoms with E-state index >= 15 is 0 Å². The number of esters is 1. The van der Waals surface area contributed by atoms with Crippen LogP contribution in [0.4, 0.5) is 0 Å². The van der Waals surface area contributed by atoms with Gasteiger partial charge in [-0.05, 0) is 27.7 Å². The van der Waals surface area contributed by atoms with E-state index in [1.165, 1.54) is 5.06 Å². The molecule has 0 bridgehead atoms. The number of hydrogen-bond acceptors (Lipinski definition) is 4. The zero-order valence-electron chi connectivity index (χ0n) is 10.3. The summed E-state index contributed by atoms with van der Waals surface area (Å²) >= 11 is 5.41. The fraction of sp³-hybridized carbons (Fsp3) is 0.909. The fourth-order valence-electron chi connectivity index (χ4n) is 2.48. The van der Waals surface area contributed by atoms with Crippen molar-refractivity contribution in [3.05, 3.63) is 0 Å². The van der Waals surface area contributed by atoms with Crippen LogP contribution in [-0.4, -0.2) is 39.3 Å². The average molecular weight is 250 g/mol. The summed E-state index contributed by atoms with van der Waals surface area (Å²) in [7, 11) is 0. The Morgan fingerprint density at radius 1 is 1.38 bits per heavy atom. The minimum atomic E-state index is -0.404. The summed E-state index contributed by atoms with van der Waals surface area (Å²) in [5.41, 5.74) is -0.808. The molecule has 1 heterocycles. The maximum absolute atomic E-state index is 11.2. The molecule has 1 saturated heterocycles. The number of carbonyl (C=O) groups is 1. The molecule has 1 fully saturated rings. The zero-order valence-corrected chi connectivity index (χ0v) is 11.0. The first kappa shape index (κ1) is 13.7. The summed E-state index contributed by atoms with van der Waals surface area (Å²) in [6.45, 7) is 7.70. The number of alkyl halides is 1. The molecule has 1 aliphatic heterocycles. The lowest BCUT2D eigenvalue weighted by atomic mass is 9.80. The number of hydrogen-bond donors (Lipinski definition) is 1. The van der Waals surface area contributed by atoms with Crippen molar-refractivity contribution in [3.63, 3.8) is 0 Å². The second-order valence-electron chi connectivity index (χ2n) is 5.59. The van der Waals surface area contributed by atoms with Crippen LogP contribution in [0.25, 0.3) is 0 Å². The number of carbonyl (C=O) groups excluding carboxylic acids is 1. The Hall–Kier alpha value is -0.320. The van der Waals surface area contributed by atoms with Gasteiger partial charge in [0.1, 0.15) is 12.0 Å². The number of hydroxylamine groups is 2. The molecule has 0 aliphatic carbocycles. The molecule has 0 aromatic carbocycles. The van der Waals surface area contributed by atoms with Crippen LogP contribution >= 0.6 is 11.6 Å². The molecule has 16 heavy (non-hydrogen) atoms. The Morgan fingerprint density at radius 2 is 1.81 bits per heavy atom. The van der Waals surface area contributed by atoms with Crippen molar-refractivity contribution in [2.45, 2.75) is 57.7 Å². The third-order valence-electron chi connectivity index (χ3n) is 3.01. The highest BCUT2D eigenvalue weighted by atomic mass is 35.5. The van der Waals surface area contributed by atoms with Crippen molar-refractivity contribution in [1.82, 2.24) is 5.06 Å². The standard InChI is InChI=1S/C11H20ClNO3/c1-10(2)5-8(16-9(14)7-12)6-11(3,4)13(10)15/h8,15H,5-7H2,1-4H3. The number of nitrogens with zero attached hydrogens (tertiary/aromatic N) is 1. The Kier molecular flexibility index (Phi) is 3.87. The quantitative estimate of drug-likeness (QED) is 0.602. The molecule has 0 amide bonds. The van der Waals surface area contributed by atoms with Crippen LogP contribution in [-0.2, 0) is 9.53 Å². The molecule has 0 radical (unpaired) electrons. The molecule has 0 aromatic rings. The first-order chi connectivity index (χ1) is 7.19. The second-order valence-corrected chi connectivity index (χ2v) is 5.86. The second kappa shape index (κ2) is 4.51. The van der Waals surface area contributed by atoms with Crippen molar-refractivity contribution in [2.24, 2.45) is 0 Å². The number of halogens is 1. The Morgan fingerprint density at radius 3 is 2.19 bits per heavy atom. The summed E-state index contributed by atoms with van der Waals surface area (Å²) in [5.74, 6) is -0.523. The molecular weight excluding hydrogens is 230 g/mol. The van der Waals surface area contributed by atoms with E-state index in [1.807, 2.05) is 27.7 Å². The highest BCUT2D eigenvalue weighted by Gasteiger charge is 2.46. The first-order valence-electron chi connectivity index (χ1n) is 5.44. The number of piperidine rings is 1. The SMILES string of the molecule is CC1(C)CC(OC(=O)CCl)CC(C)(C)N1O. The van der Waals surface area contributed by atoms with E-state index in [-0.39, 0.29) is 12.0 Å². The van der Waals surface area contributed by atoms with Crippen molar-refractivity contribution < 1.29 is 14.7 Å². The third-order valence-corrected chi connectivity index (χ3v) is 3.23. The maximum atomic E-state index is 11.2.